The van der Waals surface area contributed by atoms with Crippen molar-refractivity contribution in [1.82, 2.24) is 10.3 Å². The number of rotatable bonds is 5. The molecule has 0 spiro atoms. The summed E-state index contributed by atoms with van der Waals surface area (Å²) in [6.07, 6.45) is 0. The Kier molecular flexibility index (Phi) is 5.84. The third kappa shape index (κ3) is 4.26. The monoisotopic (exact) mass is 346 g/mol. The second-order valence-electron chi connectivity index (χ2n) is 6.43. The van der Waals surface area contributed by atoms with E-state index in [1.807, 2.05) is 45.9 Å². The molecule has 1 heterocycles. The lowest BCUT2D eigenvalue weighted by molar-refractivity contribution is -0.123. The summed E-state index contributed by atoms with van der Waals surface area (Å²) in [5.74, 6) is -0.248. The first kappa shape index (κ1) is 18.3. The maximum Gasteiger partial charge on any atom is 0.253 e. The second-order valence-corrected chi connectivity index (χ2v) is 6.87. The first-order valence-electron chi connectivity index (χ1n) is 8.02. The highest BCUT2D eigenvalue weighted by molar-refractivity contribution is 6.30. The van der Waals surface area contributed by atoms with Gasteiger partial charge >= 0.3 is 0 Å². The minimum Gasteiger partial charge on any atom is -0.351 e. The predicted molar refractivity (Wildman–Crippen MR) is 97.4 cm³/mol. The summed E-state index contributed by atoms with van der Waals surface area (Å²) in [4.78, 5) is 27.5. The van der Waals surface area contributed by atoms with Crippen molar-refractivity contribution < 1.29 is 4.79 Å². The van der Waals surface area contributed by atoms with E-state index < -0.39 is 0 Å². The number of amides is 1. The van der Waals surface area contributed by atoms with Gasteiger partial charge in [0.1, 0.15) is 0 Å². The molecule has 0 aliphatic carbocycles. The number of nitrogens with one attached hydrogen (secondary N) is 2. The summed E-state index contributed by atoms with van der Waals surface area (Å²) in [7, 11) is 0. The van der Waals surface area contributed by atoms with Crippen LogP contribution in [0.3, 0.4) is 0 Å². The number of carbonyl (C=O) groups is 1. The molecule has 0 unspecified atom stereocenters. The molecule has 1 aromatic carbocycles. The largest absolute Gasteiger partial charge is 0.351 e. The van der Waals surface area contributed by atoms with Gasteiger partial charge in [-0.25, -0.2) is 0 Å². The van der Waals surface area contributed by atoms with Crippen LogP contribution in [0.1, 0.15) is 42.1 Å². The van der Waals surface area contributed by atoms with E-state index in [0.717, 1.165) is 16.8 Å². The maximum atomic E-state index is 12.7. The predicted octanol–water partition coefficient (Wildman–Crippen LogP) is 3.70. The lowest BCUT2D eigenvalue weighted by atomic mass is 9.87. The SMILES string of the molecule is Cc1cc(C)c(CNC(=O)[C@@H](c2ccc(Cl)cc2)C(C)C)c(=O)[nH]1. The summed E-state index contributed by atoms with van der Waals surface area (Å²) in [6.45, 7) is 7.94. The van der Waals surface area contributed by atoms with Gasteiger partial charge < -0.3 is 10.3 Å². The molecule has 24 heavy (non-hydrogen) atoms. The average molecular weight is 347 g/mol. The van der Waals surface area contributed by atoms with Crippen molar-refractivity contribution >= 4 is 17.5 Å². The highest BCUT2D eigenvalue weighted by Gasteiger charge is 2.24. The fourth-order valence-corrected chi connectivity index (χ4v) is 3.02. The number of H-pyrrole nitrogens is 1. The van der Waals surface area contributed by atoms with Gasteiger partial charge in [-0.15, -0.1) is 0 Å². The van der Waals surface area contributed by atoms with E-state index in [2.05, 4.69) is 10.3 Å². The molecule has 0 aliphatic heterocycles. The summed E-state index contributed by atoms with van der Waals surface area (Å²) in [5.41, 5.74) is 3.05. The molecule has 0 fully saturated rings. The number of carbonyl (C=O) groups excluding carboxylic acids is 1. The molecule has 128 valence electrons. The van der Waals surface area contributed by atoms with Gasteiger partial charge in [-0.05, 0) is 49.1 Å². The van der Waals surface area contributed by atoms with Crippen LogP contribution in [-0.2, 0) is 11.3 Å². The molecule has 4 nitrogen and oxygen atoms in total. The van der Waals surface area contributed by atoms with E-state index in [4.69, 9.17) is 11.6 Å². The van der Waals surface area contributed by atoms with Crippen LogP contribution in [0.15, 0.2) is 35.1 Å². The minimum atomic E-state index is -0.285. The molecule has 0 saturated heterocycles. The molecule has 2 N–H and O–H groups in total. The van der Waals surface area contributed by atoms with Crippen molar-refractivity contribution in [2.24, 2.45) is 5.92 Å². The molecule has 0 aliphatic rings. The first-order valence-corrected chi connectivity index (χ1v) is 8.40. The van der Waals surface area contributed by atoms with Crippen molar-refractivity contribution in [2.75, 3.05) is 0 Å². The van der Waals surface area contributed by atoms with Crippen LogP contribution >= 0.6 is 11.6 Å². The van der Waals surface area contributed by atoms with Gasteiger partial charge in [0.25, 0.3) is 5.56 Å². The molecule has 1 amide bonds. The molecule has 2 aromatic rings. The number of aryl methyl sites for hydroxylation is 2. The number of pyridine rings is 1. The number of benzene rings is 1. The summed E-state index contributed by atoms with van der Waals surface area (Å²) in [6, 6.07) is 9.22. The summed E-state index contributed by atoms with van der Waals surface area (Å²) >= 11 is 5.93. The number of halogens is 1. The van der Waals surface area contributed by atoms with Crippen LogP contribution in [-0.4, -0.2) is 10.9 Å². The third-order valence-corrected chi connectivity index (χ3v) is 4.36. The Morgan fingerprint density at radius 3 is 2.38 bits per heavy atom. The summed E-state index contributed by atoms with van der Waals surface area (Å²) in [5, 5.41) is 3.54. The normalized spacial score (nSPS) is 12.2. The summed E-state index contributed by atoms with van der Waals surface area (Å²) < 4.78 is 0. The molecule has 0 saturated carbocycles. The number of hydrogen-bond donors (Lipinski definition) is 2. The Morgan fingerprint density at radius 1 is 1.21 bits per heavy atom. The van der Waals surface area contributed by atoms with Crippen LogP contribution in [0.5, 0.6) is 0 Å². The average Bonchev–Trinajstić information content (AvgIpc) is 2.48. The Bertz CT molecular complexity index is 779. The molecular weight excluding hydrogens is 324 g/mol. The van der Waals surface area contributed by atoms with Crippen molar-refractivity contribution in [2.45, 2.75) is 40.2 Å². The standard InChI is InChI=1S/C19H23ClN2O2/c1-11(2)17(14-5-7-15(20)8-6-14)19(24)21-10-16-12(3)9-13(4)22-18(16)23/h5-9,11,17H,10H2,1-4H3,(H,21,24)(H,22,23)/t17-/m1/s1. The molecule has 1 aromatic heterocycles. The van der Waals surface area contributed by atoms with E-state index in [-0.39, 0.29) is 29.8 Å². The highest BCUT2D eigenvalue weighted by atomic mass is 35.5. The Balaban J connectivity index is 2.18. The molecule has 0 radical (unpaired) electrons. The zero-order valence-corrected chi connectivity index (χ0v) is 15.2. The third-order valence-electron chi connectivity index (χ3n) is 4.11. The van der Waals surface area contributed by atoms with Gasteiger partial charge in [0.15, 0.2) is 0 Å². The molecule has 0 bridgehead atoms. The van der Waals surface area contributed by atoms with Crippen LogP contribution < -0.4 is 10.9 Å². The number of aromatic amines is 1. The van der Waals surface area contributed by atoms with Crippen LogP contribution in [0.2, 0.25) is 5.02 Å². The van der Waals surface area contributed by atoms with Crippen LogP contribution in [0.4, 0.5) is 0 Å². The second kappa shape index (κ2) is 7.67. The van der Waals surface area contributed by atoms with E-state index in [9.17, 15) is 9.59 Å². The molecular formula is C19H23ClN2O2. The maximum absolute atomic E-state index is 12.7. The van der Waals surface area contributed by atoms with E-state index in [1.165, 1.54) is 0 Å². The minimum absolute atomic E-state index is 0.0910. The lowest BCUT2D eigenvalue weighted by Crippen LogP contribution is -2.33. The molecule has 2 rings (SSSR count). The van der Waals surface area contributed by atoms with Gasteiger partial charge in [0.2, 0.25) is 5.91 Å². The zero-order chi connectivity index (χ0) is 17.9. The van der Waals surface area contributed by atoms with Gasteiger partial charge in [0, 0.05) is 22.8 Å². The topological polar surface area (TPSA) is 62.0 Å². The van der Waals surface area contributed by atoms with Crippen molar-refractivity contribution in [3.05, 3.63) is 68.1 Å². The number of hydrogen-bond acceptors (Lipinski definition) is 2. The first-order chi connectivity index (χ1) is 11.3. The highest BCUT2D eigenvalue weighted by Crippen LogP contribution is 2.26. The Hall–Kier alpha value is -2.07. The Morgan fingerprint density at radius 2 is 1.83 bits per heavy atom. The molecule has 1 atom stereocenters. The van der Waals surface area contributed by atoms with Crippen LogP contribution in [0, 0.1) is 19.8 Å². The van der Waals surface area contributed by atoms with E-state index in [0.29, 0.717) is 10.6 Å². The smallest absolute Gasteiger partial charge is 0.253 e. The van der Waals surface area contributed by atoms with Gasteiger partial charge in [0.05, 0.1) is 5.92 Å². The van der Waals surface area contributed by atoms with Gasteiger partial charge in [-0.3, -0.25) is 9.59 Å². The van der Waals surface area contributed by atoms with Crippen molar-refractivity contribution in [3.63, 3.8) is 0 Å². The quantitative estimate of drug-likeness (QED) is 0.867. The van der Waals surface area contributed by atoms with Crippen molar-refractivity contribution in [1.29, 1.82) is 0 Å². The van der Waals surface area contributed by atoms with Gasteiger partial charge in [-0.1, -0.05) is 37.6 Å². The fraction of sp³-hybridized carbons (Fsp3) is 0.368. The van der Waals surface area contributed by atoms with Crippen LogP contribution in [0.25, 0.3) is 0 Å². The molecule has 5 heteroatoms. The number of aromatic nitrogens is 1. The van der Waals surface area contributed by atoms with E-state index >= 15 is 0 Å². The Labute approximate surface area is 147 Å². The van der Waals surface area contributed by atoms with Crippen molar-refractivity contribution in [3.8, 4) is 0 Å². The lowest BCUT2D eigenvalue weighted by Gasteiger charge is -2.21. The van der Waals surface area contributed by atoms with Gasteiger partial charge in [-0.2, -0.15) is 0 Å². The van der Waals surface area contributed by atoms with E-state index in [1.54, 1.807) is 12.1 Å². The zero-order valence-electron chi connectivity index (χ0n) is 14.4. The fourth-order valence-electron chi connectivity index (χ4n) is 2.90.